The number of benzene rings is 2. The van der Waals surface area contributed by atoms with Crippen LogP contribution in [0.1, 0.15) is 0 Å². The van der Waals surface area contributed by atoms with Crippen LogP contribution >= 0.6 is 0 Å². The fourth-order valence-corrected chi connectivity index (χ4v) is 1.81. The summed E-state index contributed by atoms with van der Waals surface area (Å²) in [6, 6.07) is 16.1. The van der Waals surface area contributed by atoms with Gasteiger partial charge in [0.1, 0.15) is 5.82 Å². The van der Waals surface area contributed by atoms with Crippen molar-refractivity contribution in [3.05, 3.63) is 72.8 Å². The Labute approximate surface area is 110 Å². The van der Waals surface area contributed by atoms with Gasteiger partial charge in [-0.15, -0.1) is 0 Å². The van der Waals surface area contributed by atoms with Gasteiger partial charge in [-0.25, -0.2) is 9.07 Å². The van der Waals surface area contributed by atoms with Gasteiger partial charge in [-0.3, -0.25) is 0 Å². The highest BCUT2D eigenvalue weighted by Crippen LogP contribution is 2.17. The second-order valence-electron chi connectivity index (χ2n) is 4.14. The molecule has 0 aliphatic rings. The first-order chi connectivity index (χ1) is 9.31. The average molecular weight is 253 g/mol. The van der Waals surface area contributed by atoms with E-state index >= 15 is 0 Å². The summed E-state index contributed by atoms with van der Waals surface area (Å²) >= 11 is 0. The Morgan fingerprint density at radius 3 is 2.37 bits per heavy atom. The molecule has 1 N–H and O–H groups in total. The van der Waals surface area contributed by atoms with E-state index in [0.29, 0.717) is 0 Å². The lowest BCUT2D eigenvalue weighted by molar-refractivity contribution is 0.628. The van der Waals surface area contributed by atoms with E-state index in [9.17, 15) is 4.39 Å². The van der Waals surface area contributed by atoms with Crippen LogP contribution in [0.15, 0.2) is 67.0 Å². The quantitative estimate of drug-likeness (QED) is 0.770. The maximum atomic E-state index is 12.8. The topological polar surface area (TPSA) is 29.9 Å². The van der Waals surface area contributed by atoms with E-state index in [1.54, 1.807) is 23.0 Å². The molecule has 3 nitrogen and oxygen atoms in total. The molecule has 0 radical (unpaired) electrons. The molecule has 19 heavy (non-hydrogen) atoms. The molecule has 1 heterocycles. The minimum Gasteiger partial charge on any atom is -0.353 e. The van der Waals surface area contributed by atoms with Crippen molar-refractivity contribution in [3.8, 4) is 5.69 Å². The first-order valence-corrected chi connectivity index (χ1v) is 5.94. The number of nitrogens with one attached hydrogen (secondary N) is 1. The molecule has 0 bridgehead atoms. The summed E-state index contributed by atoms with van der Waals surface area (Å²) in [4.78, 5) is 0. The van der Waals surface area contributed by atoms with Crippen LogP contribution in [0.2, 0.25) is 0 Å². The summed E-state index contributed by atoms with van der Waals surface area (Å²) in [5, 5.41) is 7.45. The van der Waals surface area contributed by atoms with Crippen LogP contribution in [0.5, 0.6) is 0 Å². The van der Waals surface area contributed by atoms with E-state index in [2.05, 4.69) is 10.4 Å². The van der Waals surface area contributed by atoms with Gasteiger partial charge in [-0.05, 0) is 36.4 Å². The Hall–Kier alpha value is -2.62. The Balaban J connectivity index is 1.80. The third kappa shape index (κ3) is 2.63. The van der Waals surface area contributed by atoms with Crippen molar-refractivity contribution in [1.82, 2.24) is 9.78 Å². The van der Waals surface area contributed by atoms with Gasteiger partial charge < -0.3 is 5.32 Å². The summed E-state index contributed by atoms with van der Waals surface area (Å²) in [6.07, 6.45) is 3.62. The number of nitrogens with zero attached hydrogens (tertiary/aromatic N) is 2. The number of hydrogen-bond acceptors (Lipinski definition) is 2. The van der Waals surface area contributed by atoms with Crippen LogP contribution in [0.25, 0.3) is 5.69 Å². The van der Waals surface area contributed by atoms with Crippen LogP contribution in [0, 0.1) is 5.82 Å². The average Bonchev–Trinajstić information content (AvgIpc) is 2.91. The zero-order chi connectivity index (χ0) is 13.1. The van der Waals surface area contributed by atoms with Gasteiger partial charge in [0.15, 0.2) is 0 Å². The number of para-hydroxylation sites is 1. The highest BCUT2D eigenvalue weighted by molar-refractivity contribution is 5.58. The predicted molar refractivity (Wildman–Crippen MR) is 73.2 cm³/mol. The van der Waals surface area contributed by atoms with Gasteiger partial charge in [0, 0.05) is 5.69 Å². The normalized spacial score (nSPS) is 10.4. The summed E-state index contributed by atoms with van der Waals surface area (Å²) in [5.41, 5.74) is 2.68. The molecule has 0 aliphatic carbocycles. The van der Waals surface area contributed by atoms with Crippen LogP contribution in [-0.4, -0.2) is 9.78 Å². The Kier molecular flexibility index (Phi) is 2.98. The molecule has 0 fully saturated rings. The van der Waals surface area contributed by atoms with E-state index in [1.165, 1.54) is 12.1 Å². The van der Waals surface area contributed by atoms with Crippen molar-refractivity contribution in [2.75, 3.05) is 5.32 Å². The second-order valence-corrected chi connectivity index (χ2v) is 4.14. The molecule has 0 aliphatic heterocycles. The summed E-state index contributed by atoms with van der Waals surface area (Å²) in [7, 11) is 0. The summed E-state index contributed by atoms with van der Waals surface area (Å²) < 4.78 is 14.6. The van der Waals surface area contributed by atoms with E-state index < -0.39 is 0 Å². The predicted octanol–water partition coefficient (Wildman–Crippen LogP) is 3.76. The first-order valence-electron chi connectivity index (χ1n) is 5.94. The number of halogens is 1. The largest absolute Gasteiger partial charge is 0.353 e. The number of aromatic nitrogens is 2. The fraction of sp³-hybridized carbons (Fsp3) is 0. The maximum Gasteiger partial charge on any atom is 0.123 e. The van der Waals surface area contributed by atoms with E-state index in [1.807, 2.05) is 36.5 Å². The molecule has 94 valence electrons. The van der Waals surface area contributed by atoms with Gasteiger partial charge in [-0.1, -0.05) is 18.2 Å². The van der Waals surface area contributed by atoms with Gasteiger partial charge in [0.25, 0.3) is 0 Å². The molecule has 0 atom stereocenters. The lowest BCUT2D eigenvalue weighted by Gasteiger charge is -2.02. The van der Waals surface area contributed by atoms with Gasteiger partial charge in [0.2, 0.25) is 0 Å². The van der Waals surface area contributed by atoms with Crippen molar-refractivity contribution < 1.29 is 4.39 Å². The smallest absolute Gasteiger partial charge is 0.123 e. The van der Waals surface area contributed by atoms with Crippen molar-refractivity contribution >= 4 is 11.4 Å². The molecule has 0 saturated carbocycles. The molecule has 3 aromatic rings. The zero-order valence-electron chi connectivity index (χ0n) is 10.1. The lowest BCUT2D eigenvalue weighted by atomic mass is 10.3. The first kappa shape index (κ1) is 11.5. The van der Waals surface area contributed by atoms with Gasteiger partial charge in [-0.2, -0.15) is 5.10 Å². The fourth-order valence-electron chi connectivity index (χ4n) is 1.81. The van der Waals surface area contributed by atoms with Crippen molar-refractivity contribution in [3.63, 3.8) is 0 Å². The molecule has 0 saturated heterocycles. The maximum absolute atomic E-state index is 12.8. The van der Waals surface area contributed by atoms with Crippen LogP contribution in [0.4, 0.5) is 15.8 Å². The lowest BCUT2D eigenvalue weighted by Crippen LogP contribution is -1.93. The molecule has 1 aromatic heterocycles. The second kappa shape index (κ2) is 4.94. The van der Waals surface area contributed by atoms with Crippen LogP contribution in [-0.2, 0) is 0 Å². The van der Waals surface area contributed by atoms with Crippen molar-refractivity contribution in [2.45, 2.75) is 0 Å². The summed E-state index contributed by atoms with van der Waals surface area (Å²) in [5.74, 6) is -0.245. The summed E-state index contributed by atoms with van der Waals surface area (Å²) in [6.45, 7) is 0. The molecule has 0 spiro atoms. The minimum atomic E-state index is -0.245. The van der Waals surface area contributed by atoms with E-state index in [-0.39, 0.29) is 5.82 Å². The minimum absolute atomic E-state index is 0.245. The number of anilines is 2. The van der Waals surface area contributed by atoms with Gasteiger partial charge >= 0.3 is 0 Å². The highest BCUT2D eigenvalue weighted by atomic mass is 19.1. The van der Waals surface area contributed by atoms with E-state index in [0.717, 1.165) is 17.1 Å². The number of rotatable bonds is 3. The molecule has 2 aromatic carbocycles. The van der Waals surface area contributed by atoms with Crippen LogP contribution in [0.3, 0.4) is 0 Å². The third-order valence-electron chi connectivity index (χ3n) is 2.74. The molecule has 0 unspecified atom stereocenters. The zero-order valence-corrected chi connectivity index (χ0v) is 10.1. The Morgan fingerprint density at radius 1 is 0.895 bits per heavy atom. The van der Waals surface area contributed by atoms with Crippen molar-refractivity contribution in [1.29, 1.82) is 0 Å². The molecule has 0 amide bonds. The Morgan fingerprint density at radius 2 is 1.63 bits per heavy atom. The molecular weight excluding hydrogens is 241 g/mol. The van der Waals surface area contributed by atoms with Crippen LogP contribution < -0.4 is 5.32 Å². The van der Waals surface area contributed by atoms with Crippen molar-refractivity contribution in [2.24, 2.45) is 0 Å². The van der Waals surface area contributed by atoms with E-state index in [4.69, 9.17) is 0 Å². The molecule has 3 rings (SSSR count). The molecular formula is C15H12FN3. The number of hydrogen-bond donors (Lipinski definition) is 1. The monoisotopic (exact) mass is 253 g/mol. The standard InChI is InChI=1S/C15H12FN3/c16-12-6-8-13(9-7-12)18-14-10-17-19(11-14)15-4-2-1-3-5-15/h1-11,18H. The SMILES string of the molecule is Fc1ccc(Nc2cnn(-c3ccccc3)c2)cc1. The van der Waals surface area contributed by atoms with Gasteiger partial charge in [0.05, 0.1) is 23.8 Å². The molecule has 4 heteroatoms. The third-order valence-corrected chi connectivity index (χ3v) is 2.74. The highest BCUT2D eigenvalue weighted by Gasteiger charge is 2.01. The Bertz CT molecular complexity index is 659.